The molecule has 1 unspecified atom stereocenters. The molecule has 80 valence electrons. The molecule has 1 atom stereocenters. The number of carboxylic acid groups (broad SMARTS) is 1. The predicted octanol–water partition coefficient (Wildman–Crippen LogP) is 1.59. The number of hydrogen-bond donors (Lipinski definition) is 3. The topological polar surface area (TPSA) is 74.5 Å². The fourth-order valence-electron chi connectivity index (χ4n) is 1.96. The molecule has 0 radical (unpaired) electrons. The summed E-state index contributed by atoms with van der Waals surface area (Å²) >= 11 is 0. The Kier molecular flexibility index (Phi) is 1.68. The third kappa shape index (κ3) is 1.44. The Bertz CT molecular complexity index is 409. The van der Waals surface area contributed by atoms with Gasteiger partial charge in [-0.3, -0.25) is 0 Å². The Labute approximate surface area is 86.5 Å². The second kappa shape index (κ2) is 2.92. The third-order valence-electron chi connectivity index (χ3n) is 2.96. The zero-order valence-electron chi connectivity index (χ0n) is 8.12. The Morgan fingerprint density at radius 3 is 3.00 bits per heavy atom. The number of carboxylic acids is 1. The van der Waals surface area contributed by atoms with Crippen LogP contribution in [0.3, 0.4) is 0 Å². The highest BCUT2D eigenvalue weighted by Gasteiger charge is 2.34. The molecule has 0 saturated heterocycles. The average Bonchev–Trinajstić information content (AvgIpc) is 2.96. The number of anilines is 2. The predicted molar refractivity (Wildman–Crippen MR) is 54.3 cm³/mol. The molecule has 5 nitrogen and oxygen atoms in total. The zero-order valence-corrected chi connectivity index (χ0v) is 8.12. The van der Waals surface area contributed by atoms with Gasteiger partial charge in [0.1, 0.15) is 0 Å². The summed E-state index contributed by atoms with van der Waals surface area (Å²) in [7, 11) is 0. The van der Waals surface area contributed by atoms with E-state index in [-0.39, 0.29) is 5.76 Å². The van der Waals surface area contributed by atoms with Crippen LogP contribution in [-0.2, 0) is 0 Å². The maximum Gasteiger partial charge on any atom is 0.371 e. The zero-order chi connectivity index (χ0) is 10.4. The molecule has 1 saturated carbocycles. The van der Waals surface area contributed by atoms with E-state index < -0.39 is 5.97 Å². The van der Waals surface area contributed by atoms with Crippen LogP contribution in [0.5, 0.6) is 0 Å². The number of carbonyl (C=O) groups is 1. The monoisotopic (exact) mass is 208 g/mol. The lowest BCUT2D eigenvalue weighted by atomic mass is 10.1. The lowest BCUT2D eigenvalue weighted by Crippen LogP contribution is -2.33. The van der Waals surface area contributed by atoms with Crippen LogP contribution in [0.2, 0.25) is 0 Å². The van der Waals surface area contributed by atoms with Crippen molar-refractivity contribution < 1.29 is 14.3 Å². The smallest absolute Gasteiger partial charge is 0.371 e. The van der Waals surface area contributed by atoms with Crippen molar-refractivity contribution in [3.8, 4) is 0 Å². The van der Waals surface area contributed by atoms with Crippen molar-refractivity contribution in [3.05, 3.63) is 11.8 Å². The van der Waals surface area contributed by atoms with Crippen molar-refractivity contribution in [2.24, 2.45) is 5.92 Å². The Morgan fingerprint density at radius 2 is 2.33 bits per heavy atom. The second-order valence-corrected chi connectivity index (χ2v) is 4.13. The SMILES string of the molecule is O=C(O)c1cc2c(o1)NC(C1CC1)CN2. The minimum Gasteiger partial charge on any atom is -0.475 e. The molecule has 2 heterocycles. The molecule has 3 N–H and O–H groups in total. The summed E-state index contributed by atoms with van der Waals surface area (Å²) in [6.07, 6.45) is 2.50. The third-order valence-corrected chi connectivity index (χ3v) is 2.96. The number of fused-ring (bicyclic) bond motifs is 1. The van der Waals surface area contributed by atoms with Crippen LogP contribution in [0.25, 0.3) is 0 Å². The highest BCUT2D eigenvalue weighted by atomic mass is 16.4. The molecule has 1 aromatic heterocycles. The first-order chi connectivity index (χ1) is 7.24. The van der Waals surface area contributed by atoms with Crippen LogP contribution >= 0.6 is 0 Å². The van der Waals surface area contributed by atoms with Gasteiger partial charge < -0.3 is 20.2 Å². The molecule has 0 aromatic carbocycles. The van der Waals surface area contributed by atoms with Gasteiger partial charge in [-0.1, -0.05) is 0 Å². The molecule has 0 bridgehead atoms. The van der Waals surface area contributed by atoms with Gasteiger partial charge in [0.15, 0.2) is 0 Å². The van der Waals surface area contributed by atoms with Gasteiger partial charge in [0.05, 0.1) is 5.69 Å². The normalized spacial score (nSPS) is 23.9. The van der Waals surface area contributed by atoms with E-state index in [4.69, 9.17) is 9.52 Å². The van der Waals surface area contributed by atoms with Crippen LogP contribution in [-0.4, -0.2) is 23.7 Å². The van der Waals surface area contributed by atoms with E-state index in [9.17, 15) is 4.79 Å². The van der Waals surface area contributed by atoms with Crippen LogP contribution in [0.1, 0.15) is 23.4 Å². The molecule has 1 aromatic rings. The van der Waals surface area contributed by atoms with Crippen LogP contribution in [0.15, 0.2) is 10.5 Å². The van der Waals surface area contributed by atoms with Crippen molar-refractivity contribution in [1.29, 1.82) is 0 Å². The largest absolute Gasteiger partial charge is 0.475 e. The van der Waals surface area contributed by atoms with Crippen molar-refractivity contribution in [2.75, 3.05) is 17.2 Å². The van der Waals surface area contributed by atoms with Gasteiger partial charge >= 0.3 is 5.97 Å². The molecule has 1 aliphatic carbocycles. The van der Waals surface area contributed by atoms with Crippen molar-refractivity contribution in [2.45, 2.75) is 18.9 Å². The first kappa shape index (κ1) is 8.64. The molecule has 15 heavy (non-hydrogen) atoms. The summed E-state index contributed by atoms with van der Waals surface area (Å²) in [6, 6.07) is 1.90. The molecular formula is C10H12N2O3. The lowest BCUT2D eigenvalue weighted by Gasteiger charge is -2.24. The number of furan rings is 1. The summed E-state index contributed by atoms with van der Waals surface area (Å²) < 4.78 is 5.20. The Morgan fingerprint density at radius 1 is 1.53 bits per heavy atom. The number of nitrogens with one attached hydrogen (secondary N) is 2. The second-order valence-electron chi connectivity index (χ2n) is 4.13. The van der Waals surface area contributed by atoms with Crippen LogP contribution in [0.4, 0.5) is 11.6 Å². The van der Waals surface area contributed by atoms with Crippen molar-refractivity contribution >= 4 is 17.5 Å². The maximum atomic E-state index is 10.7. The van der Waals surface area contributed by atoms with E-state index in [1.807, 2.05) is 0 Å². The Balaban J connectivity index is 1.85. The van der Waals surface area contributed by atoms with E-state index in [1.165, 1.54) is 18.9 Å². The standard InChI is InChI=1S/C10H12N2O3/c13-10(14)8-3-6-9(15-8)12-7(4-11-6)5-1-2-5/h3,5,7,11-12H,1-2,4H2,(H,13,14). The quantitative estimate of drug-likeness (QED) is 0.688. The molecule has 1 aliphatic heterocycles. The molecule has 3 rings (SSSR count). The summed E-state index contributed by atoms with van der Waals surface area (Å²) in [6.45, 7) is 0.844. The minimum absolute atomic E-state index is 0.0172. The van der Waals surface area contributed by atoms with Crippen molar-refractivity contribution in [3.63, 3.8) is 0 Å². The lowest BCUT2D eigenvalue weighted by molar-refractivity contribution is 0.0663. The van der Waals surface area contributed by atoms with Crippen LogP contribution < -0.4 is 10.6 Å². The van der Waals surface area contributed by atoms with Gasteiger partial charge in [-0.15, -0.1) is 0 Å². The van der Waals surface area contributed by atoms with Gasteiger partial charge in [0, 0.05) is 18.7 Å². The maximum absolute atomic E-state index is 10.7. The fourth-order valence-corrected chi connectivity index (χ4v) is 1.96. The van der Waals surface area contributed by atoms with Gasteiger partial charge in [0.2, 0.25) is 11.6 Å². The average molecular weight is 208 g/mol. The van der Waals surface area contributed by atoms with Gasteiger partial charge in [0.25, 0.3) is 0 Å². The van der Waals surface area contributed by atoms with Gasteiger partial charge in [-0.05, 0) is 18.8 Å². The highest BCUT2D eigenvalue weighted by Crippen LogP contribution is 2.39. The molecule has 2 aliphatic rings. The first-order valence-corrected chi connectivity index (χ1v) is 5.11. The van der Waals surface area contributed by atoms with E-state index in [0.29, 0.717) is 17.8 Å². The number of aromatic carboxylic acids is 1. The molecular weight excluding hydrogens is 196 g/mol. The summed E-state index contributed by atoms with van der Waals surface area (Å²) in [5.41, 5.74) is 0.754. The Hall–Kier alpha value is -1.65. The van der Waals surface area contributed by atoms with Crippen molar-refractivity contribution in [1.82, 2.24) is 0 Å². The fraction of sp³-hybridized carbons (Fsp3) is 0.500. The number of hydrogen-bond acceptors (Lipinski definition) is 4. The molecule has 0 amide bonds. The summed E-state index contributed by atoms with van der Waals surface area (Å²) in [5, 5.41) is 15.2. The molecule has 5 heteroatoms. The van der Waals surface area contributed by atoms with Gasteiger partial charge in [-0.2, -0.15) is 0 Å². The highest BCUT2D eigenvalue weighted by molar-refractivity contribution is 5.88. The van der Waals surface area contributed by atoms with Gasteiger partial charge in [-0.25, -0.2) is 4.79 Å². The van der Waals surface area contributed by atoms with E-state index in [0.717, 1.165) is 12.2 Å². The molecule has 0 spiro atoms. The van der Waals surface area contributed by atoms with Crippen LogP contribution in [0, 0.1) is 5.92 Å². The minimum atomic E-state index is -1.03. The summed E-state index contributed by atoms with van der Waals surface area (Å²) in [5.74, 6) is 0.229. The number of rotatable bonds is 2. The van der Waals surface area contributed by atoms with E-state index in [1.54, 1.807) is 0 Å². The first-order valence-electron chi connectivity index (χ1n) is 5.11. The summed E-state index contributed by atoms with van der Waals surface area (Å²) in [4.78, 5) is 10.7. The van der Waals surface area contributed by atoms with E-state index >= 15 is 0 Å². The van der Waals surface area contributed by atoms with E-state index in [2.05, 4.69) is 10.6 Å². The molecule has 1 fully saturated rings.